The molecule has 0 atom stereocenters. The zero-order chi connectivity index (χ0) is 19.4. The highest BCUT2D eigenvalue weighted by molar-refractivity contribution is 6.24. The summed E-state index contributed by atoms with van der Waals surface area (Å²) in [5.41, 5.74) is -2.11. The van der Waals surface area contributed by atoms with Gasteiger partial charge in [-0.05, 0) is 32.3 Å². The van der Waals surface area contributed by atoms with Crippen molar-refractivity contribution in [3.05, 3.63) is 51.3 Å². The van der Waals surface area contributed by atoms with Crippen LogP contribution in [0.5, 0.6) is 0 Å². The number of Topliss-reactive ketones (excluding diaryl/α,β-unsaturated/α-hetero) is 1. The predicted octanol–water partition coefficient (Wildman–Crippen LogP) is 3.44. The second-order valence-corrected chi connectivity index (χ2v) is 5.65. The average molecular weight is 370 g/mol. The second kappa shape index (κ2) is 8.11. The van der Waals surface area contributed by atoms with Gasteiger partial charge in [0.1, 0.15) is 11.4 Å². The van der Waals surface area contributed by atoms with Gasteiger partial charge in [0.05, 0.1) is 23.5 Å². The highest BCUT2D eigenvalue weighted by Crippen LogP contribution is 2.29. The number of ketones is 1. The zero-order valence-electron chi connectivity index (χ0n) is 14.2. The molecule has 9 heteroatoms. The van der Waals surface area contributed by atoms with Crippen molar-refractivity contribution in [2.24, 2.45) is 5.29 Å². The molecule has 0 bridgehead atoms. The van der Waals surface area contributed by atoms with Crippen LogP contribution in [0.2, 0.25) is 0 Å². The van der Waals surface area contributed by atoms with Gasteiger partial charge in [-0.15, -0.1) is 4.91 Å². The molecule has 0 radical (unpaired) electrons. The molecule has 0 unspecified atom stereocenters. The molecule has 0 amide bonds. The minimum absolute atomic E-state index is 0.0815. The van der Waals surface area contributed by atoms with Crippen molar-refractivity contribution in [1.29, 1.82) is 0 Å². The highest BCUT2D eigenvalue weighted by Gasteiger charge is 2.33. The first-order chi connectivity index (χ1) is 12.3. The smallest absolute Gasteiger partial charge is 0.343 e. The SMILES string of the molecule is CCOC(=O)/C(=C\N(N=O)C1CC1)C(=O)c1cc(F)c(F)c(CC)c1F. The molecule has 0 saturated heterocycles. The summed E-state index contributed by atoms with van der Waals surface area (Å²) in [6.45, 7) is 2.80. The maximum absolute atomic E-state index is 14.5. The van der Waals surface area contributed by atoms with Crippen LogP contribution in [0.4, 0.5) is 13.2 Å². The van der Waals surface area contributed by atoms with E-state index in [4.69, 9.17) is 4.74 Å². The number of rotatable bonds is 8. The number of ether oxygens (including phenoxy) is 1. The lowest BCUT2D eigenvalue weighted by atomic mass is 9.99. The van der Waals surface area contributed by atoms with Crippen LogP contribution >= 0.6 is 0 Å². The number of nitroso groups, excluding NO2 is 1. The minimum atomic E-state index is -1.41. The number of halogens is 3. The summed E-state index contributed by atoms with van der Waals surface area (Å²) in [7, 11) is 0. The van der Waals surface area contributed by atoms with E-state index in [9.17, 15) is 27.7 Å². The van der Waals surface area contributed by atoms with Crippen molar-refractivity contribution in [2.45, 2.75) is 39.2 Å². The van der Waals surface area contributed by atoms with Crippen LogP contribution in [0.1, 0.15) is 42.6 Å². The Morgan fingerprint density at radius 2 is 1.92 bits per heavy atom. The van der Waals surface area contributed by atoms with E-state index in [-0.39, 0.29) is 19.1 Å². The summed E-state index contributed by atoms with van der Waals surface area (Å²) in [6.07, 6.45) is 1.92. The number of esters is 1. The fourth-order valence-electron chi connectivity index (χ4n) is 2.36. The molecule has 26 heavy (non-hydrogen) atoms. The maximum atomic E-state index is 14.5. The Morgan fingerprint density at radius 1 is 1.27 bits per heavy atom. The number of hydrogen-bond donors (Lipinski definition) is 0. The normalized spacial score (nSPS) is 14.1. The van der Waals surface area contributed by atoms with Gasteiger partial charge in [-0.1, -0.05) is 6.92 Å². The van der Waals surface area contributed by atoms with Crippen LogP contribution < -0.4 is 0 Å². The van der Waals surface area contributed by atoms with Gasteiger partial charge in [-0.25, -0.2) is 23.0 Å². The molecule has 0 N–H and O–H groups in total. The Kier molecular flexibility index (Phi) is 6.12. The van der Waals surface area contributed by atoms with Gasteiger partial charge in [0, 0.05) is 11.8 Å². The van der Waals surface area contributed by atoms with E-state index in [1.165, 1.54) is 13.8 Å². The molecule has 1 aliphatic carbocycles. The Hall–Kier alpha value is -2.71. The molecule has 1 aromatic carbocycles. The zero-order valence-corrected chi connectivity index (χ0v) is 14.2. The quantitative estimate of drug-likeness (QED) is 0.102. The molecule has 140 valence electrons. The van der Waals surface area contributed by atoms with Crippen LogP contribution in [0.25, 0.3) is 0 Å². The van der Waals surface area contributed by atoms with Gasteiger partial charge in [0.15, 0.2) is 11.6 Å². The molecule has 2 rings (SSSR count). The maximum Gasteiger partial charge on any atom is 0.343 e. The van der Waals surface area contributed by atoms with Crippen molar-refractivity contribution in [1.82, 2.24) is 5.01 Å². The van der Waals surface area contributed by atoms with E-state index < -0.39 is 45.9 Å². The fraction of sp³-hybridized carbons (Fsp3) is 0.412. The molecule has 1 fully saturated rings. The van der Waals surface area contributed by atoms with E-state index in [1.807, 2.05) is 0 Å². The number of carbonyl (C=O) groups excluding carboxylic acids is 2. The number of carbonyl (C=O) groups is 2. The monoisotopic (exact) mass is 370 g/mol. The van der Waals surface area contributed by atoms with Crippen molar-refractivity contribution in [2.75, 3.05) is 6.61 Å². The summed E-state index contributed by atoms with van der Waals surface area (Å²) in [5.74, 6) is -6.40. The molecule has 0 aromatic heterocycles. The first-order valence-corrected chi connectivity index (χ1v) is 8.07. The van der Waals surface area contributed by atoms with Crippen LogP contribution in [0.15, 0.2) is 23.1 Å². The van der Waals surface area contributed by atoms with Gasteiger partial charge in [0.2, 0.25) is 5.78 Å². The van der Waals surface area contributed by atoms with Crippen LogP contribution in [0, 0.1) is 22.4 Å². The van der Waals surface area contributed by atoms with E-state index in [0.717, 1.165) is 11.2 Å². The minimum Gasteiger partial charge on any atom is -0.462 e. The molecule has 1 aliphatic rings. The van der Waals surface area contributed by atoms with Crippen LogP contribution in [0.3, 0.4) is 0 Å². The highest BCUT2D eigenvalue weighted by atomic mass is 19.2. The van der Waals surface area contributed by atoms with E-state index in [1.54, 1.807) is 0 Å². The largest absolute Gasteiger partial charge is 0.462 e. The van der Waals surface area contributed by atoms with Crippen molar-refractivity contribution in [3.8, 4) is 0 Å². The first-order valence-electron chi connectivity index (χ1n) is 8.07. The Bertz CT molecular complexity index is 776. The molecular formula is C17H17F3N2O4. The fourth-order valence-corrected chi connectivity index (χ4v) is 2.36. The summed E-state index contributed by atoms with van der Waals surface area (Å²) in [6, 6.07) is 0.111. The Balaban J connectivity index is 2.53. The van der Waals surface area contributed by atoms with Gasteiger partial charge in [0.25, 0.3) is 0 Å². The first kappa shape index (κ1) is 19.6. The van der Waals surface area contributed by atoms with Gasteiger partial charge in [-0.3, -0.25) is 4.79 Å². The van der Waals surface area contributed by atoms with E-state index >= 15 is 0 Å². The number of nitrogens with zero attached hydrogens (tertiary/aromatic N) is 2. The van der Waals surface area contributed by atoms with Crippen molar-refractivity contribution < 1.29 is 27.5 Å². The standard InChI is InChI=1S/C17H17F3N2O4/c1-3-10-14(19)11(7-13(18)15(10)20)16(23)12(17(24)26-4-2)8-22(21-25)9-5-6-9/h7-9H,3-6H2,1-2H3/b12-8-. The van der Waals surface area contributed by atoms with E-state index in [0.29, 0.717) is 18.9 Å². The molecule has 1 saturated carbocycles. The lowest BCUT2D eigenvalue weighted by Gasteiger charge is -2.13. The molecule has 0 heterocycles. The van der Waals surface area contributed by atoms with Crippen molar-refractivity contribution in [3.63, 3.8) is 0 Å². The number of benzene rings is 1. The third-order valence-electron chi connectivity index (χ3n) is 3.86. The molecule has 0 aliphatic heterocycles. The van der Waals surface area contributed by atoms with Gasteiger partial charge < -0.3 is 4.74 Å². The van der Waals surface area contributed by atoms with Crippen LogP contribution in [-0.4, -0.2) is 29.4 Å². The van der Waals surface area contributed by atoms with Crippen LogP contribution in [-0.2, 0) is 16.0 Å². The Morgan fingerprint density at radius 3 is 2.42 bits per heavy atom. The average Bonchev–Trinajstić information content (AvgIpc) is 3.44. The lowest BCUT2D eigenvalue weighted by Crippen LogP contribution is -2.22. The molecule has 1 aromatic rings. The van der Waals surface area contributed by atoms with E-state index in [2.05, 4.69) is 5.29 Å². The summed E-state index contributed by atoms with van der Waals surface area (Å²) in [4.78, 5) is 35.6. The van der Waals surface area contributed by atoms with Gasteiger partial charge >= 0.3 is 5.97 Å². The molecule has 0 spiro atoms. The summed E-state index contributed by atoms with van der Waals surface area (Å²) in [5, 5.41) is 3.58. The van der Waals surface area contributed by atoms with Crippen molar-refractivity contribution >= 4 is 11.8 Å². The molecular weight excluding hydrogens is 353 g/mol. The summed E-state index contributed by atoms with van der Waals surface area (Å²) < 4.78 is 46.6. The predicted molar refractivity (Wildman–Crippen MR) is 85.4 cm³/mol. The lowest BCUT2D eigenvalue weighted by molar-refractivity contribution is -0.138. The number of hydrogen-bond acceptors (Lipinski definition) is 5. The van der Waals surface area contributed by atoms with Gasteiger partial charge in [-0.2, -0.15) is 0 Å². The topological polar surface area (TPSA) is 76.0 Å². The third-order valence-corrected chi connectivity index (χ3v) is 3.86. The molecule has 6 nitrogen and oxygen atoms in total. The third kappa shape index (κ3) is 3.92. The Labute approximate surface area is 147 Å². The second-order valence-electron chi connectivity index (χ2n) is 5.65. The summed E-state index contributed by atoms with van der Waals surface area (Å²) >= 11 is 0.